The standard InChI is InChI=1S/C23H20BrClN4O/c1-15(30)26-13-16-6-8-17(9-7-16)14-27-22-12-21(18-4-2-3-5-20(18)25)28-23-19(24)10-11-29(22)23/h2-12,27H,13-14H2,1H3,(H,26,30). The van der Waals surface area contributed by atoms with Gasteiger partial charge in [-0.3, -0.25) is 9.20 Å². The van der Waals surface area contributed by atoms with E-state index in [1.165, 1.54) is 6.92 Å². The third kappa shape index (κ3) is 4.50. The molecule has 0 saturated heterocycles. The number of aromatic nitrogens is 2. The van der Waals surface area contributed by atoms with Gasteiger partial charge >= 0.3 is 0 Å². The van der Waals surface area contributed by atoms with E-state index in [1.54, 1.807) is 0 Å². The van der Waals surface area contributed by atoms with Crippen molar-refractivity contribution in [2.75, 3.05) is 5.32 Å². The summed E-state index contributed by atoms with van der Waals surface area (Å²) in [6, 6.07) is 19.8. The first kappa shape index (κ1) is 20.4. The van der Waals surface area contributed by atoms with Gasteiger partial charge < -0.3 is 10.6 Å². The molecule has 0 atom stereocenters. The topological polar surface area (TPSA) is 58.4 Å². The summed E-state index contributed by atoms with van der Waals surface area (Å²) in [5, 5.41) is 6.98. The van der Waals surface area contributed by atoms with E-state index in [0.29, 0.717) is 18.1 Å². The molecule has 2 aromatic heterocycles. The molecule has 5 nitrogen and oxygen atoms in total. The van der Waals surface area contributed by atoms with Crippen molar-refractivity contribution in [3.63, 3.8) is 0 Å². The van der Waals surface area contributed by atoms with Gasteiger partial charge in [0.2, 0.25) is 5.91 Å². The van der Waals surface area contributed by atoms with Crippen molar-refractivity contribution >= 4 is 44.9 Å². The Morgan fingerprint density at radius 3 is 2.47 bits per heavy atom. The monoisotopic (exact) mass is 482 g/mol. The second-order valence-corrected chi connectivity index (χ2v) is 8.21. The quantitative estimate of drug-likeness (QED) is 0.372. The van der Waals surface area contributed by atoms with Crippen molar-refractivity contribution in [2.24, 2.45) is 0 Å². The van der Waals surface area contributed by atoms with Gasteiger partial charge in [-0.15, -0.1) is 0 Å². The Kier molecular flexibility index (Phi) is 6.06. The highest BCUT2D eigenvalue weighted by Crippen LogP contribution is 2.31. The molecule has 0 aliphatic rings. The van der Waals surface area contributed by atoms with Gasteiger partial charge in [-0.25, -0.2) is 4.98 Å². The summed E-state index contributed by atoms with van der Waals surface area (Å²) in [5.41, 5.74) is 4.72. The molecule has 152 valence electrons. The third-order valence-corrected chi connectivity index (χ3v) is 5.71. The van der Waals surface area contributed by atoms with Crippen LogP contribution < -0.4 is 10.6 Å². The third-order valence-electron chi connectivity index (χ3n) is 4.76. The normalized spacial score (nSPS) is 10.9. The number of amides is 1. The van der Waals surface area contributed by atoms with E-state index < -0.39 is 0 Å². The number of carbonyl (C=O) groups excluding carboxylic acids is 1. The molecule has 2 aromatic carbocycles. The maximum atomic E-state index is 11.1. The number of anilines is 1. The molecule has 0 bridgehead atoms. The summed E-state index contributed by atoms with van der Waals surface area (Å²) in [4.78, 5) is 15.8. The lowest BCUT2D eigenvalue weighted by Gasteiger charge is -2.13. The lowest BCUT2D eigenvalue weighted by Crippen LogP contribution is -2.18. The van der Waals surface area contributed by atoms with Crippen LogP contribution in [0.5, 0.6) is 0 Å². The molecule has 2 heterocycles. The molecule has 0 saturated carbocycles. The SMILES string of the molecule is CC(=O)NCc1ccc(CNc2cc(-c3ccccc3Cl)nc3c(Br)ccn23)cc1. The molecule has 1 amide bonds. The fourth-order valence-electron chi connectivity index (χ4n) is 3.18. The minimum Gasteiger partial charge on any atom is -0.367 e. The average Bonchev–Trinajstić information content (AvgIpc) is 3.12. The number of carbonyl (C=O) groups is 1. The fourth-order valence-corrected chi connectivity index (χ4v) is 3.81. The van der Waals surface area contributed by atoms with Gasteiger partial charge in [-0.2, -0.15) is 0 Å². The highest BCUT2D eigenvalue weighted by molar-refractivity contribution is 9.10. The van der Waals surface area contributed by atoms with Crippen molar-refractivity contribution in [2.45, 2.75) is 20.0 Å². The molecule has 7 heteroatoms. The summed E-state index contributed by atoms with van der Waals surface area (Å²) in [5.74, 6) is 0.887. The number of rotatable bonds is 6. The van der Waals surface area contributed by atoms with Crippen molar-refractivity contribution in [3.8, 4) is 11.3 Å². The van der Waals surface area contributed by atoms with E-state index in [-0.39, 0.29) is 5.91 Å². The highest BCUT2D eigenvalue weighted by atomic mass is 79.9. The van der Waals surface area contributed by atoms with Crippen LogP contribution in [0.2, 0.25) is 5.02 Å². The van der Waals surface area contributed by atoms with Gasteiger partial charge in [0.25, 0.3) is 0 Å². The zero-order valence-corrected chi connectivity index (χ0v) is 18.7. The Hall–Kier alpha value is -2.83. The van der Waals surface area contributed by atoms with Crippen molar-refractivity contribution in [3.05, 3.63) is 87.5 Å². The smallest absolute Gasteiger partial charge is 0.217 e. The Labute approximate surface area is 188 Å². The number of nitrogens with one attached hydrogen (secondary N) is 2. The van der Waals surface area contributed by atoms with Crippen LogP contribution in [-0.2, 0) is 17.9 Å². The number of nitrogens with zero attached hydrogens (tertiary/aromatic N) is 2. The number of hydrogen-bond donors (Lipinski definition) is 2. The van der Waals surface area contributed by atoms with E-state index >= 15 is 0 Å². The van der Waals surface area contributed by atoms with E-state index in [4.69, 9.17) is 16.6 Å². The van der Waals surface area contributed by atoms with Crippen LogP contribution in [0.15, 0.2) is 71.3 Å². The highest BCUT2D eigenvalue weighted by Gasteiger charge is 2.12. The Balaban J connectivity index is 1.59. The second-order valence-electron chi connectivity index (χ2n) is 6.94. The van der Waals surface area contributed by atoms with Gasteiger partial charge in [0.15, 0.2) is 5.65 Å². The lowest BCUT2D eigenvalue weighted by atomic mass is 10.1. The van der Waals surface area contributed by atoms with Crippen LogP contribution in [-0.4, -0.2) is 15.3 Å². The Morgan fingerprint density at radius 2 is 1.77 bits per heavy atom. The van der Waals surface area contributed by atoms with Crippen LogP contribution >= 0.6 is 27.5 Å². The van der Waals surface area contributed by atoms with Crippen molar-refractivity contribution in [1.82, 2.24) is 14.7 Å². The second kappa shape index (κ2) is 8.90. The van der Waals surface area contributed by atoms with Gasteiger partial charge in [0, 0.05) is 42.9 Å². The van der Waals surface area contributed by atoms with E-state index in [1.807, 2.05) is 59.1 Å². The number of halogens is 2. The summed E-state index contributed by atoms with van der Waals surface area (Å²) < 4.78 is 2.93. The zero-order valence-electron chi connectivity index (χ0n) is 16.3. The van der Waals surface area contributed by atoms with Crippen LogP contribution in [0.25, 0.3) is 16.9 Å². The zero-order chi connectivity index (χ0) is 21.1. The minimum absolute atomic E-state index is 0.0327. The van der Waals surface area contributed by atoms with Gasteiger partial charge in [0.1, 0.15) is 5.82 Å². The molecule has 2 N–H and O–H groups in total. The molecule has 0 radical (unpaired) electrons. The molecule has 30 heavy (non-hydrogen) atoms. The summed E-state index contributed by atoms with van der Waals surface area (Å²) in [6.45, 7) is 2.70. The largest absolute Gasteiger partial charge is 0.367 e. The first-order valence-electron chi connectivity index (χ1n) is 9.50. The number of hydrogen-bond acceptors (Lipinski definition) is 3. The molecule has 0 spiro atoms. The van der Waals surface area contributed by atoms with Crippen molar-refractivity contribution < 1.29 is 4.79 Å². The average molecular weight is 484 g/mol. The molecular weight excluding hydrogens is 464 g/mol. The number of benzene rings is 2. The molecule has 0 unspecified atom stereocenters. The van der Waals surface area contributed by atoms with Crippen LogP contribution in [0.1, 0.15) is 18.1 Å². The first-order chi connectivity index (χ1) is 14.5. The molecule has 0 aliphatic carbocycles. The van der Waals surface area contributed by atoms with Gasteiger partial charge in [-0.1, -0.05) is 54.1 Å². The molecule has 4 aromatic rings. The number of fused-ring (bicyclic) bond motifs is 1. The molecule has 0 fully saturated rings. The van der Waals surface area contributed by atoms with Crippen LogP contribution in [0.4, 0.5) is 5.82 Å². The van der Waals surface area contributed by atoms with Crippen LogP contribution in [0.3, 0.4) is 0 Å². The summed E-state index contributed by atoms with van der Waals surface area (Å²) in [6.07, 6.45) is 1.97. The lowest BCUT2D eigenvalue weighted by molar-refractivity contribution is -0.119. The van der Waals surface area contributed by atoms with Gasteiger partial charge in [0.05, 0.1) is 10.2 Å². The fraction of sp³-hybridized carbons (Fsp3) is 0.130. The molecule has 0 aliphatic heterocycles. The minimum atomic E-state index is -0.0327. The summed E-state index contributed by atoms with van der Waals surface area (Å²) >= 11 is 9.98. The first-order valence-corrected chi connectivity index (χ1v) is 10.7. The summed E-state index contributed by atoms with van der Waals surface area (Å²) in [7, 11) is 0. The Morgan fingerprint density at radius 1 is 1.07 bits per heavy atom. The predicted molar refractivity (Wildman–Crippen MR) is 125 cm³/mol. The maximum absolute atomic E-state index is 11.1. The van der Waals surface area contributed by atoms with Gasteiger partial charge in [-0.05, 0) is 39.2 Å². The van der Waals surface area contributed by atoms with E-state index in [9.17, 15) is 4.79 Å². The van der Waals surface area contributed by atoms with E-state index in [2.05, 4.69) is 38.7 Å². The molecular formula is C23H20BrClN4O. The van der Waals surface area contributed by atoms with Crippen LogP contribution in [0, 0.1) is 0 Å². The van der Waals surface area contributed by atoms with Crippen molar-refractivity contribution in [1.29, 1.82) is 0 Å². The predicted octanol–water partition coefficient (Wildman–Crippen LogP) is 5.67. The molecule has 4 rings (SSSR count). The maximum Gasteiger partial charge on any atom is 0.217 e. The Bertz CT molecular complexity index is 1200. The van der Waals surface area contributed by atoms with E-state index in [0.717, 1.165) is 38.3 Å².